The number of nitrogens with zero attached hydrogens (tertiary/aromatic N) is 3. The zero-order valence-electron chi connectivity index (χ0n) is 17.9. The van der Waals surface area contributed by atoms with Gasteiger partial charge in [0.15, 0.2) is 0 Å². The number of carbonyl (C=O) groups is 2. The van der Waals surface area contributed by atoms with Crippen LogP contribution in [0.2, 0.25) is 0 Å². The van der Waals surface area contributed by atoms with Gasteiger partial charge >= 0.3 is 0 Å². The number of piperazine rings is 1. The number of hydrogen-bond acceptors (Lipinski definition) is 4. The molecule has 2 saturated heterocycles. The van der Waals surface area contributed by atoms with Crippen LogP contribution in [-0.4, -0.2) is 85.0 Å². The molecule has 0 aromatic heterocycles. The zero-order chi connectivity index (χ0) is 19.9. The van der Waals surface area contributed by atoms with E-state index in [0.717, 1.165) is 90.4 Å². The van der Waals surface area contributed by atoms with E-state index in [-0.39, 0.29) is 11.8 Å². The van der Waals surface area contributed by atoms with Crippen LogP contribution in [0.5, 0.6) is 0 Å². The molecule has 1 saturated carbocycles. The van der Waals surface area contributed by atoms with E-state index in [1.54, 1.807) is 6.92 Å². The van der Waals surface area contributed by atoms with Crippen LogP contribution in [0.25, 0.3) is 0 Å². The number of likely N-dealkylation sites (tertiary alicyclic amines) is 1. The van der Waals surface area contributed by atoms with E-state index in [9.17, 15) is 9.59 Å². The molecule has 6 nitrogen and oxygen atoms in total. The van der Waals surface area contributed by atoms with Gasteiger partial charge in [-0.3, -0.25) is 14.5 Å². The largest absolute Gasteiger partial charge is 0.378 e. The van der Waals surface area contributed by atoms with Crippen molar-refractivity contribution in [2.24, 2.45) is 11.8 Å². The summed E-state index contributed by atoms with van der Waals surface area (Å²) in [6, 6.07) is 0. The molecular weight excluding hydrogens is 354 g/mol. The Morgan fingerprint density at radius 2 is 1.50 bits per heavy atom. The van der Waals surface area contributed by atoms with Crippen LogP contribution in [0, 0.1) is 11.8 Å². The molecule has 3 rings (SSSR count). The molecule has 0 atom stereocenters. The lowest BCUT2D eigenvalue weighted by Gasteiger charge is -2.37. The Kier molecular flexibility index (Phi) is 8.15. The Morgan fingerprint density at radius 1 is 0.857 bits per heavy atom. The van der Waals surface area contributed by atoms with Crippen LogP contribution in [0.3, 0.4) is 0 Å². The predicted octanol–water partition coefficient (Wildman–Crippen LogP) is 2.37. The number of ether oxygens (including phenoxy) is 1. The third kappa shape index (κ3) is 6.18. The molecule has 28 heavy (non-hydrogen) atoms. The fraction of sp³-hybridized carbons (Fsp3) is 0.909. The van der Waals surface area contributed by atoms with E-state index in [0.29, 0.717) is 12.0 Å². The smallest absolute Gasteiger partial charge is 0.225 e. The molecule has 0 N–H and O–H groups in total. The van der Waals surface area contributed by atoms with Crippen LogP contribution >= 0.6 is 0 Å². The number of hydrogen-bond donors (Lipinski definition) is 0. The van der Waals surface area contributed by atoms with Crippen molar-refractivity contribution in [2.45, 2.75) is 64.9 Å². The molecule has 0 aromatic rings. The average Bonchev–Trinajstić information content (AvgIpc) is 2.72. The Hall–Kier alpha value is -1.14. The van der Waals surface area contributed by atoms with Gasteiger partial charge in [-0.1, -0.05) is 6.92 Å². The molecule has 0 aromatic carbocycles. The first kappa shape index (κ1) is 21.6. The fourth-order valence-corrected chi connectivity index (χ4v) is 4.83. The van der Waals surface area contributed by atoms with Crippen molar-refractivity contribution in [3.63, 3.8) is 0 Å². The van der Waals surface area contributed by atoms with Crippen LogP contribution in [0.15, 0.2) is 0 Å². The predicted molar refractivity (Wildman–Crippen MR) is 110 cm³/mol. The van der Waals surface area contributed by atoms with E-state index in [4.69, 9.17) is 4.74 Å². The standard InChI is InChI=1S/C22H39N3O3/c1-18-4-6-20(7-5-18)22(27)25-15-13-23(14-16-25)10-3-17-28-21-8-11-24(12-9-21)19(2)26/h18,20-21H,3-17H2,1-2H3/t18-,20-. The second kappa shape index (κ2) is 10.6. The lowest BCUT2D eigenvalue weighted by Crippen LogP contribution is -2.50. The van der Waals surface area contributed by atoms with Crippen molar-refractivity contribution in [3.8, 4) is 0 Å². The highest BCUT2D eigenvalue weighted by Gasteiger charge is 2.30. The first-order valence-electron chi connectivity index (χ1n) is 11.4. The fourth-order valence-electron chi connectivity index (χ4n) is 4.83. The molecule has 0 bridgehead atoms. The van der Waals surface area contributed by atoms with Crippen LogP contribution < -0.4 is 0 Å². The highest BCUT2D eigenvalue weighted by molar-refractivity contribution is 5.79. The maximum atomic E-state index is 12.7. The maximum Gasteiger partial charge on any atom is 0.225 e. The average molecular weight is 394 g/mol. The van der Waals surface area contributed by atoms with Gasteiger partial charge in [0.25, 0.3) is 0 Å². The van der Waals surface area contributed by atoms with Crippen molar-refractivity contribution in [1.82, 2.24) is 14.7 Å². The van der Waals surface area contributed by atoms with E-state index >= 15 is 0 Å². The number of amides is 2. The first-order valence-corrected chi connectivity index (χ1v) is 11.4. The Morgan fingerprint density at radius 3 is 2.11 bits per heavy atom. The molecule has 0 unspecified atom stereocenters. The van der Waals surface area contributed by atoms with Crippen LogP contribution in [0.1, 0.15) is 58.8 Å². The van der Waals surface area contributed by atoms with Crippen LogP contribution in [-0.2, 0) is 14.3 Å². The molecular formula is C22H39N3O3. The number of rotatable bonds is 6. The third-order valence-corrected chi connectivity index (χ3v) is 6.91. The summed E-state index contributed by atoms with van der Waals surface area (Å²) in [6.45, 7) is 11.2. The molecule has 2 heterocycles. The minimum Gasteiger partial charge on any atom is -0.378 e. The quantitative estimate of drug-likeness (QED) is 0.650. The van der Waals surface area contributed by atoms with Gasteiger partial charge in [0.2, 0.25) is 11.8 Å². The van der Waals surface area contributed by atoms with Gasteiger partial charge < -0.3 is 14.5 Å². The van der Waals surface area contributed by atoms with Gasteiger partial charge in [0.1, 0.15) is 0 Å². The van der Waals surface area contributed by atoms with Gasteiger partial charge in [-0.2, -0.15) is 0 Å². The van der Waals surface area contributed by atoms with E-state index in [1.807, 2.05) is 4.90 Å². The van der Waals surface area contributed by atoms with E-state index in [2.05, 4.69) is 16.7 Å². The minimum absolute atomic E-state index is 0.175. The maximum absolute atomic E-state index is 12.7. The molecule has 3 aliphatic rings. The summed E-state index contributed by atoms with van der Waals surface area (Å²) in [5.41, 5.74) is 0. The molecule has 0 spiro atoms. The molecule has 0 radical (unpaired) electrons. The third-order valence-electron chi connectivity index (χ3n) is 6.91. The Labute approximate surface area is 170 Å². The number of piperidine rings is 1. The summed E-state index contributed by atoms with van der Waals surface area (Å²) >= 11 is 0. The van der Waals surface area contributed by atoms with Crippen molar-refractivity contribution in [3.05, 3.63) is 0 Å². The SMILES string of the molecule is CC(=O)N1CCC(OCCCN2CCN(C(=O)[C@H]3CC[C@H](C)CC3)CC2)CC1. The van der Waals surface area contributed by atoms with Gasteiger partial charge in [-0.05, 0) is 50.9 Å². The van der Waals surface area contributed by atoms with Gasteiger partial charge in [-0.15, -0.1) is 0 Å². The summed E-state index contributed by atoms with van der Waals surface area (Å²) in [7, 11) is 0. The summed E-state index contributed by atoms with van der Waals surface area (Å²) in [6.07, 6.45) is 7.87. The molecule has 1 aliphatic carbocycles. The normalized spacial score (nSPS) is 27.8. The Bertz CT molecular complexity index is 503. The monoisotopic (exact) mass is 393 g/mol. The molecule has 2 aliphatic heterocycles. The second-order valence-corrected chi connectivity index (χ2v) is 9.05. The zero-order valence-corrected chi connectivity index (χ0v) is 17.9. The van der Waals surface area contributed by atoms with E-state index in [1.165, 1.54) is 12.8 Å². The lowest BCUT2D eigenvalue weighted by molar-refractivity contribution is -0.138. The van der Waals surface area contributed by atoms with Crippen molar-refractivity contribution in [2.75, 3.05) is 52.4 Å². The van der Waals surface area contributed by atoms with Crippen LogP contribution in [0.4, 0.5) is 0 Å². The van der Waals surface area contributed by atoms with Crippen molar-refractivity contribution < 1.29 is 14.3 Å². The summed E-state index contributed by atoms with van der Waals surface area (Å²) in [5.74, 6) is 1.66. The Balaban J connectivity index is 1.25. The topological polar surface area (TPSA) is 53.1 Å². The minimum atomic E-state index is 0.175. The van der Waals surface area contributed by atoms with Gasteiger partial charge in [0.05, 0.1) is 6.10 Å². The first-order chi connectivity index (χ1) is 13.5. The second-order valence-electron chi connectivity index (χ2n) is 9.05. The number of carbonyl (C=O) groups excluding carboxylic acids is 2. The van der Waals surface area contributed by atoms with Gasteiger partial charge in [0, 0.05) is 65.3 Å². The highest BCUT2D eigenvalue weighted by atomic mass is 16.5. The van der Waals surface area contributed by atoms with Crippen molar-refractivity contribution >= 4 is 11.8 Å². The van der Waals surface area contributed by atoms with Gasteiger partial charge in [-0.25, -0.2) is 0 Å². The van der Waals surface area contributed by atoms with Crippen molar-refractivity contribution in [1.29, 1.82) is 0 Å². The summed E-state index contributed by atoms with van der Waals surface area (Å²) in [4.78, 5) is 30.6. The summed E-state index contributed by atoms with van der Waals surface area (Å²) in [5, 5.41) is 0. The highest BCUT2D eigenvalue weighted by Crippen LogP contribution is 2.29. The molecule has 160 valence electrons. The molecule has 3 fully saturated rings. The molecule has 6 heteroatoms. The summed E-state index contributed by atoms with van der Waals surface area (Å²) < 4.78 is 6.02. The lowest BCUT2D eigenvalue weighted by atomic mass is 9.82. The van der Waals surface area contributed by atoms with E-state index < -0.39 is 0 Å². The molecule has 2 amide bonds.